The normalized spacial score (nSPS) is 18.3. The predicted octanol–water partition coefficient (Wildman–Crippen LogP) is 6.07. The third kappa shape index (κ3) is 9.55. The van der Waals surface area contributed by atoms with Crippen molar-refractivity contribution < 1.29 is 28.7 Å². The fraction of sp³-hybridized carbons (Fsp3) is 0.429. The van der Waals surface area contributed by atoms with E-state index in [-0.39, 0.29) is 54.7 Å². The van der Waals surface area contributed by atoms with E-state index in [4.69, 9.17) is 21.1 Å². The molecule has 11 nitrogen and oxygen atoms in total. The number of ether oxygens (including phenoxy) is 2. The highest BCUT2D eigenvalue weighted by molar-refractivity contribution is 6.31. The van der Waals surface area contributed by atoms with E-state index in [0.717, 1.165) is 16.5 Å². The lowest BCUT2D eigenvalue weighted by atomic mass is 9.78. The molecule has 4 amide bonds. The number of halogens is 1. The van der Waals surface area contributed by atoms with Gasteiger partial charge in [-0.1, -0.05) is 61.3 Å². The molecule has 3 aromatic carbocycles. The number of hydrogen-bond acceptors (Lipinski definition) is 6. The second-order valence-electron chi connectivity index (χ2n) is 14.3. The number of likely N-dealkylation sites (tertiary alicyclic amines) is 2. The number of methoxy groups -OCH3 is 1. The van der Waals surface area contributed by atoms with E-state index in [1.807, 2.05) is 39.1 Å². The van der Waals surface area contributed by atoms with Gasteiger partial charge in [-0.05, 0) is 80.5 Å². The summed E-state index contributed by atoms with van der Waals surface area (Å²) in [6.45, 7) is 9.06. The van der Waals surface area contributed by atoms with E-state index in [1.165, 1.54) is 32.6 Å². The van der Waals surface area contributed by atoms with Gasteiger partial charge in [0.2, 0.25) is 17.7 Å². The first-order valence-electron chi connectivity index (χ1n) is 18.6. The van der Waals surface area contributed by atoms with Crippen LogP contribution in [0.15, 0.2) is 72.9 Å². The van der Waals surface area contributed by atoms with Crippen molar-refractivity contribution >= 4 is 46.1 Å². The molecule has 4 atom stereocenters. The molecule has 4 unspecified atom stereocenters. The number of hydrogen-bond donors (Lipinski definition) is 3. The summed E-state index contributed by atoms with van der Waals surface area (Å²) in [5.74, 6) is -1.30. The summed E-state index contributed by atoms with van der Waals surface area (Å²) in [6, 6.07) is 21.2. The van der Waals surface area contributed by atoms with Gasteiger partial charge in [-0.3, -0.25) is 19.2 Å². The van der Waals surface area contributed by atoms with Gasteiger partial charge in [0.25, 0.3) is 5.91 Å². The molecule has 3 heterocycles. The molecule has 54 heavy (non-hydrogen) atoms. The lowest BCUT2D eigenvalue weighted by molar-refractivity contribution is -0.140. The number of benzene rings is 3. The van der Waals surface area contributed by atoms with E-state index in [2.05, 4.69) is 52.9 Å². The first-order chi connectivity index (χ1) is 25.9. The zero-order valence-corrected chi connectivity index (χ0v) is 32.7. The van der Waals surface area contributed by atoms with Crippen molar-refractivity contribution in [3.63, 3.8) is 0 Å². The Morgan fingerprint density at radius 3 is 2.35 bits per heavy atom. The van der Waals surface area contributed by atoms with E-state index in [9.17, 15) is 19.2 Å². The first kappa shape index (κ1) is 40.2. The average Bonchev–Trinajstić information content (AvgIpc) is 3.80. The Labute approximate surface area is 322 Å². The maximum atomic E-state index is 14.0. The van der Waals surface area contributed by atoms with E-state index in [1.54, 1.807) is 34.1 Å². The fourth-order valence-electron chi connectivity index (χ4n) is 7.44. The third-order valence-electron chi connectivity index (χ3n) is 10.2. The van der Waals surface area contributed by atoms with Crippen molar-refractivity contribution in [2.75, 3.05) is 46.9 Å². The molecule has 1 aromatic heterocycles. The lowest BCUT2D eigenvalue weighted by Crippen LogP contribution is -2.54. The minimum atomic E-state index is -0.597. The van der Waals surface area contributed by atoms with Crippen LogP contribution in [0.3, 0.4) is 0 Å². The molecular weight excluding hydrogens is 706 g/mol. The van der Waals surface area contributed by atoms with Gasteiger partial charge < -0.3 is 34.9 Å². The molecule has 3 N–H and O–H groups in total. The Morgan fingerprint density at radius 1 is 0.926 bits per heavy atom. The summed E-state index contributed by atoms with van der Waals surface area (Å²) in [5.41, 5.74) is 3.58. The molecule has 2 fully saturated rings. The van der Waals surface area contributed by atoms with Crippen LogP contribution in [0.1, 0.15) is 61.5 Å². The van der Waals surface area contributed by atoms with Crippen LogP contribution < -0.4 is 20.1 Å². The second-order valence-corrected chi connectivity index (χ2v) is 14.7. The molecule has 0 spiro atoms. The van der Waals surface area contributed by atoms with Crippen LogP contribution in [-0.2, 0) is 20.8 Å². The molecule has 12 heteroatoms. The second kappa shape index (κ2) is 18.3. The van der Waals surface area contributed by atoms with E-state index >= 15 is 0 Å². The van der Waals surface area contributed by atoms with Crippen molar-refractivity contribution in [2.24, 2.45) is 17.8 Å². The van der Waals surface area contributed by atoms with Crippen molar-refractivity contribution in [1.82, 2.24) is 25.4 Å². The SMILES string of the molecule is CCCc1ccccc1.CNC(=O)CNC(=O)C1CN(C(=O)C(C)c2c[nH]c3cc(Cl)ccc23)CC2CN(C(=O)c3ccc(OC(C)C)c(OC)c3)CC21. The number of carbonyl (C=O) groups is 4. The fourth-order valence-corrected chi connectivity index (χ4v) is 7.61. The van der Waals surface area contributed by atoms with Gasteiger partial charge in [0.15, 0.2) is 11.5 Å². The topological polar surface area (TPSA) is 133 Å². The number of carbonyl (C=O) groups excluding carboxylic acids is 4. The monoisotopic (exact) mass is 757 g/mol. The summed E-state index contributed by atoms with van der Waals surface area (Å²) < 4.78 is 11.3. The number of nitrogens with one attached hydrogen (secondary N) is 3. The zero-order chi connectivity index (χ0) is 38.9. The van der Waals surface area contributed by atoms with Crippen LogP contribution in [0.5, 0.6) is 11.5 Å². The molecule has 2 aliphatic rings. The van der Waals surface area contributed by atoms with Gasteiger partial charge in [-0.25, -0.2) is 0 Å². The molecule has 2 aliphatic heterocycles. The minimum Gasteiger partial charge on any atom is -0.493 e. The quantitative estimate of drug-likeness (QED) is 0.170. The van der Waals surface area contributed by atoms with E-state index in [0.29, 0.717) is 41.7 Å². The van der Waals surface area contributed by atoms with Crippen LogP contribution in [0.2, 0.25) is 5.02 Å². The van der Waals surface area contributed by atoms with Gasteiger partial charge in [0, 0.05) is 60.9 Å². The molecule has 0 radical (unpaired) electrons. The van der Waals surface area contributed by atoms with Crippen molar-refractivity contribution in [1.29, 1.82) is 0 Å². The third-order valence-corrected chi connectivity index (χ3v) is 10.4. The van der Waals surface area contributed by atoms with Crippen molar-refractivity contribution in [2.45, 2.75) is 52.6 Å². The largest absolute Gasteiger partial charge is 0.493 e. The Balaban J connectivity index is 0.000000546. The molecule has 0 aliphatic carbocycles. The van der Waals surface area contributed by atoms with Crippen molar-refractivity contribution in [3.8, 4) is 11.5 Å². The summed E-state index contributed by atoms with van der Waals surface area (Å²) >= 11 is 6.16. The molecule has 0 bridgehead atoms. The average molecular weight is 758 g/mol. The number of piperidine rings is 1. The molecule has 6 rings (SSSR count). The van der Waals surface area contributed by atoms with Crippen molar-refractivity contribution in [3.05, 3.63) is 94.6 Å². The molecule has 0 saturated carbocycles. The van der Waals surface area contributed by atoms with Gasteiger partial charge in [0.05, 0.1) is 31.6 Å². The molecule has 288 valence electrons. The Kier molecular flexibility index (Phi) is 13.6. The Hall–Kier alpha value is -5.03. The zero-order valence-electron chi connectivity index (χ0n) is 32.0. The standard InChI is InChI=1S/C33H40ClN5O6.C9H12/c1-18(2)45-28-9-6-20(10-29(28)44-5)33(43)39-15-21-14-38(17-26(25(21)16-39)31(41)37-13-30(40)35-4)32(42)19(3)24-12-36-27-11-22(34)7-8-23(24)27;1-2-6-9-7-4-3-5-8-9/h6-12,18-19,21,25-26,36H,13-17H2,1-5H3,(H,35,40)(H,37,41);3-5,7-8H,2,6H2,1H3. The minimum absolute atomic E-state index is 0.0588. The number of H-pyrrole nitrogens is 1. The number of nitrogens with zero attached hydrogens (tertiary/aromatic N) is 2. The number of rotatable bonds is 11. The van der Waals surface area contributed by atoms with Crippen LogP contribution in [-0.4, -0.2) is 91.4 Å². The summed E-state index contributed by atoms with van der Waals surface area (Å²) in [7, 11) is 3.03. The Morgan fingerprint density at radius 2 is 1.67 bits per heavy atom. The predicted molar refractivity (Wildman–Crippen MR) is 211 cm³/mol. The molecular formula is C42H52ClN5O6. The number of fused-ring (bicyclic) bond motifs is 2. The molecule has 2 saturated heterocycles. The van der Waals surface area contributed by atoms with Crippen LogP contribution in [0.4, 0.5) is 0 Å². The number of likely N-dealkylation sites (N-methyl/N-ethyl adjacent to an activating group) is 1. The summed E-state index contributed by atoms with van der Waals surface area (Å²) in [6.07, 6.45) is 4.22. The van der Waals surface area contributed by atoms with Gasteiger partial charge in [0.1, 0.15) is 0 Å². The highest BCUT2D eigenvalue weighted by Crippen LogP contribution is 2.39. The molecule has 4 aromatic rings. The van der Waals surface area contributed by atoms with Crippen LogP contribution >= 0.6 is 11.6 Å². The number of amides is 4. The highest BCUT2D eigenvalue weighted by atomic mass is 35.5. The lowest BCUT2D eigenvalue weighted by Gasteiger charge is -2.40. The smallest absolute Gasteiger partial charge is 0.254 e. The number of aryl methyl sites for hydroxylation is 1. The summed E-state index contributed by atoms with van der Waals surface area (Å²) in [4.78, 5) is 59.8. The number of aromatic nitrogens is 1. The first-order valence-corrected chi connectivity index (χ1v) is 19.0. The van der Waals surface area contributed by atoms with Gasteiger partial charge >= 0.3 is 0 Å². The summed E-state index contributed by atoms with van der Waals surface area (Å²) in [5, 5.41) is 6.75. The van der Waals surface area contributed by atoms with E-state index < -0.39 is 11.8 Å². The van der Waals surface area contributed by atoms with Gasteiger partial charge in [-0.15, -0.1) is 0 Å². The maximum absolute atomic E-state index is 14.0. The van der Waals surface area contributed by atoms with Crippen LogP contribution in [0, 0.1) is 17.8 Å². The Bertz CT molecular complexity index is 1930. The maximum Gasteiger partial charge on any atom is 0.254 e. The van der Waals surface area contributed by atoms with Crippen LogP contribution in [0.25, 0.3) is 10.9 Å². The highest BCUT2D eigenvalue weighted by Gasteiger charge is 2.48. The van der Waals surface area contributed by atoms with Gasteiger partial charge in [-0.2, -0.15) is 0 Å². The number of aromatic amines is 1.